The Kier molecular flexibility index (Phi) is 5.84. The smallest absolute Gasteiger partial charge is 0.325 e. The largest absolute Gasteiger partial charge is 0.480 e. The average molecular weight is 293 g/mol. The highest BCUT2D eigenvalue weighted by molar-refractivity contribution is 5.89. The van der Waals surface area contributed by atoms with Crippen LogP contribution in [0, 0.1) is 0 Å². The zero-order valence-corrected chi connectivity index (χ0v) is 13.0. The van der Waals surface area contributed by atoms with Gasteiger partial charge in [0.25, 0.3) is 0 Å². The lowest BCUT2D eigenvalue weighted by atomic mass is 10.0. The van der Waals surface area contributed by atoms with Gasteiger partial charge in [-0.05, 0) is 51.9 Å². The zero-order valence-electron chi connectivity index (χ0n) is 13.0. The average Bonchev–Trinajstić information content (AvgIpc) is 2.45. The quantitative estimate of drug-likeness (QED) is 0.781. The number of aromatic nitrogens is 1. The van der Waals surface area contributed by atoms with Crippen LogP contribution in [0.1, 0.15) is 26.3 Å². The van der Waals surface area contributed by atoms with E-state index in [2.05, 4.69) is 10.3 Å². The molecule has 1 heterocycles. The highest BCUT2D eigenvalue weighted by Gasteiger charge is 2.33. The zero-order chi connectivity index (χ0) is 16.0. The second kappa shape index (κ2) is 7.17. The summed E-state index contributed by atoms with van der Waals surface area (Å²) in [5.74, 6) is -1.34. The van der Waals surface area contributed by atoms with Gasteiger partial charge in [0.1, 0.15) is 6.04 Å². The van der Waals surface area contributed by atoms with E-state index in [-0.39, 0.29) is 5.91 Å². The van der Waals surface area contributed by atoms with E-state index in [1.54, 1.807) is 26.2 Å². The van der Waals surface area contributed by atoms with Gasteiger partial charge in [0.05, 0.1) is 5.54 Å². The number of carbonyl (C=O) groups excluding carboxylic acids is 1. The molecule has 0 spiro atoms. The van der Waals surface area contributed by atoms with Gasteiger partial charge in [-0.15, -0.1) is 0 Å². The number of carbonyl (C=O) groups is 2. The molecule has 1 amide bonds. The first-order valence-electron chi connectivity index (χ1n) is 6.89. The molecule has 1 aromatic heterocycles. The second-order valence-corrected chi connectivity index (χ2v) is 5.62. The van der Waals surface area contributed by atoms with Gasteiger partial charge in [-0.25, -0.2) is 0 Å². The van der Waals surface area contributed by atoms with Crippen LogP contribution in [-0.4, -0.2) is 52.0 Å². The molecule has 0 fully saturated rings. The van der Waals surface area contributed by atoms with Crippen LogP contribution in [0.2, 0.25) is 0 Å². The van der Waals surface area contributed by atoms with Crippen molar-refractivity contribution in [3.05, 3.63) is 30.1 Å². The fraction of sp³-hybridized carbons (Fsp3) is 0.533. The first-order chi connectivity index (χ1) is 9.75. The van der Waals surface area contributed by atoms with Crippen LogP contribution < -0.4 is 5.32 Å². The minimum atomic E-state index is -1.04. The summed E-state index contributed by atoms with van der Waals surface area (Å²) in [5, 5.41) is 11.4. The Morgan fingerprint density at radius 2 is 1.95 bits per heavy atom. The minimum Gasteiger partial charge on any atom is -0.480 e. The van der Waals surface area contributed by atoms with Crippen molar-refractivity contribution >= 4 is 11.9 Å². The van der Waals surface area contributed by atoms with Crippen molar-refractivity contribution in [2.75, 3.05) is 13.6 Å². The molecular formula is C15H23N3O3. The molecule has 0 saturated carbocycles. The lowest BCUT2D eigenvalue weighted by Gasteiger charge is -2.34. The summed E-state index contributed by atoms with van der Waals surface area (Å²) in [6.45, 7) is 5.70. The molecule has 0 bridgehead atoms. The number of rotatable bonds is 7. The van der Waals surface area contributed by atoms with Crippen molar-refractivity contribution in [1.29, 1.82) is 0 Å². The van der Waals surface area contributed by atoms with Crippen LogP contribution in [0.15, 0.2) is 24.5 Å². The maximum absolute atomic E-state index is 12.2. The van der Waals surface area contributed by atoms with Gasteiger partial charge in [0.2, 0.25) is 5.91 Å². The summed E-state index contributed by atoms with van der Waals surface area (Å²) in [6, 6.07) is 2.98. The molecule has 1 rings (SSSR count). The molecule has 2 N–H and O–H groups in total. The molecule has 0 aliphatic heterocycles. The van der Waals surface area contributed by atoms with Gasteiger partial charge >= 0.3 is 5.97 Å². The second-order valence-electron chi connectivity index (χ2n) is 5.62. The molecule has 0 aromatic carbocycles. The van der Waals surface area contributed by atoms with E-state index in [9.17, 15) is 9.59 Å². The summed E-state index contributed by atoms with van der Waals surface area (Å²) in [4.78, 5) is 28.9. The van der Waals surface area contributed by atoms with Gasteiger partial charge in [-0.2, -0.15) is 0 Å². The van der Waals surface area contributed by atoms with Gasteiger partial charge in [0.15, 0.2) is 0 Å². The van der Waals surface area contributed by atoms with Crippen molar-refractivity contribution < 1.29 is 14.7 Å². The van der Waals surface area contributed by atoms with Crippen molar-refractivity contribution in [1.82, 2.24) is 15.2 Å². The number of carboxylic acid groups (broad SMARTS) is 1. The SMILES string of the molecule is CC(NC(=O)C(C)(C)N(C)CCc1ccncc1)C(=O)O. The third-order valence-electron chi connectivity index (χ3n) is 3.71. The number of hydrogen-bond donors (Lipinski definition) is 2. The molecule has 116 valence electrons. The number of carboxylic acids is 1. The molecule has 6 heteroatoms. The van der Waals surface area contributed by atoms with Crippen molar-refractivity contribution in [3.8, 4) is 0 Å². The van der Waals surface area contributed by atoms with Gasteiger partial charge in [-0.1, -0.05) is 0 Å². The minimum absolute atomic E-state index is 0.297. The van der Waals surface area contributed by atoms with E-state index in [1.165, 1.54) is 6.92 Å². The maximum atomic E-state index is 12.2. The number of aliphatic carboxylic acids is 1. The summed E-state index contributed by atoms with van der Waals surface area (Å²) in [5.41, 5.74) is 0.364. The van der Waals surface area contributed by atoms with Crippen LogP contribution in [0.4, 0.5) is 0 Å². The predicted octanol–water partition coefficient (Wildman–Crippen LogP) is 0.924. The molecule has 0 aliphatic rings. The Morgan fingerprint density at radius 1 is 1.38 bits per heavy atom. The van der Waals surface area contributed by atoms with E-state index >= 15 is 0 Å². The monoisotopic (exact) mass is 293 g/mol. The molecule has 1 unspecified atom stereocenters. The summed E-state index contributed by atoms with van der Waals surface area (Å²) >= 11 is 0. The van der Waals surface area contributed by atoms with Crippen molar-refractivity contribution in [2.45, 2.75) is 38.8 Å². The van der Waals surface area contributed by atoms with Gasteiger partial charge < -0.3 is 10.4 Å². The lowest BCUT2D eigenvalue weighted by Crippen LogP contribution is -2.56. The molecule has 0 saturated heterocycles. The highest BCUT2D eigenvalue weighted by Crippen LogP contribution is 2.14. The van der Waals surface area contributed by atoms with Crippen LogP contribution >= 0.6 is 0 Å². The number of nitrogens with zero attached hydrogens (tertiary/aromatic N) is 2. The molecule has 6 nitrogen and oxygen atoms in total. The normalized spacial score (nSPS) is 13.0. The maximum Gasteiger partial charge on any atom is 0.325 e. The van der Waals surface area contributed by atoms with Crippen LogP contribution in [0.25, 0.3) is 0 Å². The fourth-order valence-electron chi connectivity index (χ4n) is 1.73. The highest BCUT2D eigenvalue weighted by atomic mass is 16.4. The third-order valence-corrected chi connectivity index (χ3v) is 3.71. The lowest BCUT2D eigenvalue weighted by molar-refractivity contribution is -0.143. The van der Waals surface area contributed by atoms with E-state index in [1.807, 2.05) is 24.1 Å². The van der Waals surface area contributed by atoms with Gasteiger partial charge in [0, 0.05) is 18.9 Å². The van der Waals surface area contributed by atoms with E-state index in [0.29, 0.717) is 6.54 Å². The molecule has 1 atom stereocenters. The number of likely N-dealkylation sites (N-methyl/N-ethyl adjacent to an activating group) is 1. The van der Waals surface area contributed by atoms with E-state index in [4.69, 9.17) is 5.11 Å². The van der Waals surface area contributed by atoms with Crippen LogP contribution in [0.3, 0.4) is 0 Å². The van der Waals surface area contributed by atoms with Gasteiger partial charge in [-0.3, -0.25) is 19.5 Å². The Hall–Kier alpha value is -1.95. The molecule has 21 heavy (non-hydrogen) atoms. The third kappa shape index (κ3) is 4.82. The summed E-state index contributed by atoms with van der Waals surface area (Å²) in [7, 11) is 1.85. The summed E-state index contributed by atoms with van der Waals surface area (Å²) in [6.07, 6.45) is 4.27. The topological polar surface area (TPSA) is 82.5 Å². The summed E-state index contributed by atoms with van der Waals surface area (Å²) < 4.78 is 0. The number of hydrogen-bond acceptors (Lipinski definition) is 4. The molecule has 0 aliphatic carbocycles. The molecular weight excluding hydrogens is 270 g/mol. The van der Waals surface area contributed by atoms with E-state index in [0.717, 1.165) is 12.0 Å². The Morgan fingerprint density at radius 3 is 2.48 bits per heavy atom. The number of nitrogens with one attached hydrogen (secondary N) is 1. The Bertz CT molecular complexity index is 488. The van der Waals surface area contributed by atoms with Crippen LogP contribution in [-0.2, 0) is 16.0 Å². The Labute approximate surface area is 125 Å². The van der Waals surface area contributed by atoms with E-state index < -0.39 is 17.6 Å². The number of pyridine rings is 1. The predicted molar refractivity (Wildman–Crippen MR) is 79.9 cm³/mol. The molecule has 0 radical (unpaired) electrons. The fourth-order valence-corrected chi connectivity index (χ4v) is 1.73. The number of amides is 1. The first-order valence-corrected chi connectivity index (χ1v) is 6.89. The first kappa shape index (κ1) is 17.1. The molecule has 1 aromatic rings. The van der Waals surface area contributed by atoms with Crippen LogP contribution in [0.5, 0.6) is 0 Å². The van der Waals surface area contributed by atoms with Crippen molar-refractivity contribution in [3.63, 3.8) is 0 Å². The standard InChI is InChI=1S/C15H23N3O3/c1-11(13(19)20)17-14(21)15(2,3)18(4)10-7-12-5-8-16-9-6-12/h5-6,8-9,11H,7,10H2,1-4H3,(H,17,21)(H,19,20). The Balaban J connectivity index is 2.59. The van der Waals surface area contributed by atoms with Crippen molar-refractivity contribution in [2.24, 2.45) is 0 Å².